The number of alkyl halides is 3. The summed E-state index contributed by atoms with van der Waals surface area (Å²) in [4.78, 5) is 31.6. The summed E-state index contributed by atoms with van der Waals surface area (Å²) in [5.41, 5.74) is 0.735. The van der Waals surface area contributed by atoms with Crippen LogP contribution in [0.1, 0.15) is 42.2 Å². The van der Waals surface area contributed by atoms with Crippen molar-refractivity contribution in [3.05, 3.63) is 46.7 Å². The molecule has 29 heavy (non-hydrogen) atoms. The molecule has 0 fully saturated rings. The number of pyridine rings is 2. The van der Waals surface area contributed by atoms with Crippen molar-refractivity contribution < 1.29 is 27.5 Å². The Morgan fingerprint density at radius 3 is 2.62 bits per heavy atom. The molecule has 0 radical (unpaired) electrons. The quantitative estimate of drug-likeness (QED) is 0.694. The van der Waals surface area contributed by atoms with Crippen molar-refractivity contribution in [2.45, 2.75) is 32.5 Å². The molecule has 7 nitrogen and oxygen atoms in total. The lowest BCUT2D eigenvalue weighted by molar-refractivity contribution is -0.154. The Morgan fingerprint density at radius 1 is 1.28 bits per heavy atom. The van der Waals surface area contributed by atoms with Crippen LogP contribution in [0.4, 0.5) is 19.0 Å². The molecule has 0 aliphatic carbocycles. The van der Waals surface area contributed by atoms with Crippen LogP contribution in [-0.4, -0.2) is 34.6 Å². The smallest absolute Gasteiger partial charge is 0.422 e. The minimum Gasteiger partial charge on any atom is -0.467 e. The van der Waals surface area contributed by atoms with Gasteiger partial charge in [0.2, 0.25) is 11.8 Å². The number of carbonyl (C=O) groups is 2. The third-order valence-electron chi connectivity index (χ3n) is 3.66. The van der Waals surface area contributed by atoms with Crippen LogP contribution in [0.3, 0.4) is 0 Å². The summed E-state index contributed by atoms with van der Waals surface area (Å²) in [6.07, 6.45) is -1.67. The second kappa shape index (κ2) is 9.55. The molecule has 2 heterocycles. The molecule has 1 atom stereocenters. The summed E-state index contributed by atoms with van der Waals surface area (Å²) in [5, 5.41) is 5.12. The Bertz CT molecular complexity index is 893. The normalized spacial score (nSPS) is 12.2. The molecule has 156 valence electrons. The lowest BCUT2D eigenvalue weighted by Gasteiger charge is -2.16. The summed E-state index contributed by atoms with van der Waals surface area (Å²) in [6, 6.07) is 4.01. The van der Waals surface area contributed by atoms with Crippen molar-refractivity contribution in [1.82, 2.24) is 15.3 Å². The first kappa shape index (κ1) is 22.4. The number of carbonyl (C=O) groups excluding carboxylic acids is 2. The zero-order chi connectivity index (χ0) is 21.6. The highest BCUT2D eigenvalue weighted by molar-refractivity contribution is 6.32. The summed E-state index contributed by atoms with van der Waals surface area (Å²) >= 11 is 5.86. The largest absolute Gasteiger partial charge is 0.467 e. The minimum absolute atomic E-state index is 0.0507. The predicted molar refractivity (Wildman–Crippen MR) is 99.8 cm³/mol. The number of nitrogens with zero attached hydrogens (tertiary/aromatic N) is 2. The average molecular weight is 431 g/mol. The van der Waals surface area contributed by atoms with Gasteiger partial charge in [-0.1, -0.05) is 18.5 Å². The molecule has 1 unspecified atom stereocenters. The molecule has 2 amide bonds. The maximum atomic E-state index is 12.4. The molecule has 2 rings (SSSR count). The number of rotatable bonds is 7. The van der Waals surface area contributed by atoms with E-state index in [-0.39, 0.29) is 16.5 Å². The highest BCUT2D eigenvalue weighted by atomic mass is 35.5. The van der Waals surface area contributed by atoms with Gasteiger partial charge in [-0.25, -0.2) is 9.97 Å². The Labute approximate surface area is 169 Å². The van der Waals surface area contributed by atoms with E-state index in [0.29, 0.717) is 17.8 Å². The second-order valence-corrected chi connectivity index (χ2v) is 6.39. The van der Waals surface area contributed by atoms with Gasteiger partial charge in [0.1, 0.15) is 10.8 Å². The van der Waals surface area contributed by atoms with Crippen molar-refractivity contribution in [1.29, 1.82) is 0 Å². The van der Waals surface area contributed by atoms with Crippen LogP contribution in [0.2, 0.25) is 5.02 Å². The van der Waals surface area contributed by atoms with Crippen molar-refractivity contribution >= 4 is 29.2 Å². The molecular weight excluding hydrogens is 413 g/mol. The van der Waals surface area contributed by atoms with Crippen molar-refractivity contribution in [3.63, 3.8) is 0 Å². The highest BCUT2D eigenvalue weighted by Crippen LogP contribution is 2.25. The van der Waals surface area contributed by atoms with Crippen molar-refractivity contribution in [2.75, 3.05) is 11.9 Å². The van der Waals surface area contributed by atoms with Crippen LogP contribution in [-0.2, 0) is 4.79 Å². The molecule has 11 heteroatoms. The van der Waals surface area contributed by atoms with Gasteiger partial charge in [0.25, 0.3) is 5.91 Å². The lowest BCUT2D eigenvalue weighted by Crippen LogP contribution is -2.27. The second-order valence-electron chi connectivity index (χ2n) is 5.99. The van der Waals surface area contributed by atoms with E-state index in [9.17, 15) is 22.8 Å². The van der Waals surface area contributed by atoms with Crippen LogP contribution in [0.5, 0.6) is 5.88 Å². The van der Waals surface area contributed by atoms with E-state index < -0.39 is 30.6 Å². The maximum absolute atomic E-state index is 12.4. The summed E-state index contributed by atoms with van der Waals surface area (Å²) in [7, 11) is 0. The molecule has 0 spiro atoms. The fourth-order valence-electron chi connectivity index (χ4n) is 2.19. The highest BCUT2D eigenvalue weighted by Gasteiger charge is 2.29. The van der Waals surface area contributed by atoms with E-state index in [4.69, 9.17) is 11.6 Å². The van der Waals surface area contributed by atoms with E-state index >= 15 is 0 Å². The zero-order valence-electron chi connectivity index (χ0n) is 15.5. The number of halogens is 4. The Morgan fingerprint density at radius 2 is 2.00 bits per heavy atom. The number of aromatic nitrogens is 2. The topological polar surface area (TPSA) is 93.2 Å². The number of nitrogens with one attached hydrogen (secondary N) is 2. The summed E-state index contributed by atoms with van der Waals surface area (Å²) < 4.78 is 41.1. The van der Waals surface area contributed by atoms with Crippen LogP contribution in [0, 0.1) is 0 Å². The van der Waals surface area contributed by atoms with E-state index in [1.54, 1.807) is 26.0 Å². The van der Waals surface area contributed by atoms with E-state index in [1.165, 1.54) is 12.3 Å². The van der Waals surface area contributed by atoms with Gasteiger partial charge in [0.15, 0.2) is 6.61 Å². The van der Waals surface area contributed by atoms with Gasteiger partial charge in [-0.3, -0.25) is 9.59 Å². The van der Waals surface area contributed by atoms with Crippen molar-refractivity contribution in [2.24, 2.45) is 0 Å². The SMILES string of the molecule is CCC(=O)Nc1cc(C(C)NC(=O)c2cnc(OCC(F)(F)F)c(Cl)c2)ccn1. The molecule has 2 N–H and O–H groups in total. The molecule has 0 aliphatic rings. The molecule has 2 aromatic rings. The van der Waals surface area contributed by atoms with Crippen molar-refractivity contribution in [3.8, 4) is 5.88 Å². The number of hydrogen-bond acceptors (Lipinski definition) is 5. The third-order valence-corrected chi connectivity index (χ3v) is 3.93. The third kappa shape index (κ3) is 6.90. The molecule has 0 aromatic carbocycles. The Kier molecular flexibility index (Phi) is 7.38. The zero-order valence-corrected chi connectivity index (χ0v) is 16.3. The Hall–Kier alpha value is -2.88. The predicted octanol–water partition coefficient (Wildman–Crippen LogP) is 3.91. The standard InChI is InChI=1S/C18H18ClF3N4O3/c1-3-15(27)26-14-7-11(4-5-23-14)10(2)25-16(28)12-6-13(19)17(24-8-12)29-9-18(20,21)22/h4-8,10H,3,9H2,1-2H3,(H,25,28)(H,23,26,27). The van der Waals surface area contributed by atoms with Gasteiger partial charge in [0, 0.05) is 18.8 Å². The van der Waals surface area contributed by atoms with Crippen LogP contribution >= 0.6 is 11.6 Å². The summed E-state index contributed by atoms with van der Waals surface area (Å²) in [6.45, 7) is 1.89. The first-order chi connectivity index (χ1) is 13.6. The fraction of sp³-hybridized carbons (Fsp3) is 0.333. The van der Waals surface area contributed by atoms with Crippen LogP contribution < -0.4 is 15.4 Å². The molecule has 0 saturated carbocycles. The van der Waals surface area contributed by atoms with Crippen LogP contribution in [0.15, 0.2) is 30.6 Å². The first-order valence-electron chi connectivity index (χ1n) is 8.50. The minimum atomic E-state index is -4.53. The van der Waals surface area contributed by atoms with Gasteiger partial charge < -0.3 is 15.4 Å². The van der Waals surface area contributed by atoms with Gasteiger partial charge in [0.05, 0.1) is 11.6 Å². The van der Waals surface area contributed by atoms with Gasteiger partial charge in [-0.15, -0.1) is 0 Å². The summed E-state index contributed by atoms with van der Waals surface area (Å²) in [5.74, 6) is -0.796. The van der Waals surface area contributed by atoms with E-state index in [2.05, 4.69) is 25.3 Å². The number of anilines is 1. The number of hydrogen-bond donors (Lipinski definition) is 2. The lowest BCUT2D eigenvalue weighted by atomic mass is 10.1. The molecule has 0 saturated heterocycles. The van der Waals surface area contributed by atoms with Gasteiger partial charge >= 0.3 is 6.18 Å². The maximum Gasteiger partial charge on any atom is 0.422 e. The molecular formula is C18H18ClF3N4O3. The molecule has 0 bridgehead atoms. The van der Waals surface area contributed by atoms with E-state index in [1.807, 2.05) is 0 Å². The number of amides is 2. The molecule has 2 aromatic heterocycles. The monoisotopic (exact) mass is 430 g/mol. The first-order valence-corrected chi connectivity index (χ1v) is 8.88. The Balaban J connectivity index is 2.05. The van der Waals surface area contributed by atoms with E-state index in [0.717, 1.165) is 6.20 Å². The van der Waals surface area contributed by atoms with Gasteiger partial charge in [-0.2, -0.15) is 13.2 Å². The van der Waals surface area contributed by atoms with Crippen LogP contribution in [0.25, 0.3) is 0 Å². The van der Waals surface area contributed by atoms with Gasteiger partial charge in [-0.05, 0) is 30.7 Å². The molecule has 0 aliphatic heterocycles. The average Bonchev–Trinajstić information content (AvgIpc) is 2.66. The fourth-order valence-corrected chi connectivity index (χ4v) is 2.41. The number of ether oxygens (including phenoxy) is 1.